The van der Waals surface area contributed by atoms with Crippen LogP contribution in [-0.4, -0.2) is 17.7 Å². The van der Waals surface area contributed by atoms with Gasteiger partial charge in [0.05, 0.1) is 11.6 Å². The van der Waals surface area contributed by atoms with Crippen LogP contribution in [-0.2, 0) is 9.53 Å². The molecule has 0 N–H and O–H groups in total. The van der Waals surface area contributed by atoms with Crippen molar-refractivity contribution in [2.75, 3.05) is 0 Å². The van der Waals surface area contributed by atoms with Gasteiger partial charge in [0.25, 0.3) is 0 Å². The largest absolute Gasteiger partial charge is 0.487 e. The van der Waals surface area contributed by atoms with Crippen molar-refractivity contribution < 1.29 is 14.3 Å². The minimum Gasteiger partial charge on any atom is -0.487 e. The number of hydrogen-bond acceptors (Lipinski definition) is 4. The predicted octanol–water partition coefficient (Wildman–Crippen LogP) is 6.18. The molecular formula is C24H24BrNO3. The number of esters is 1. The average molecular weight is 454 g/mol. The molecule has 0 heterocycles. The van der Waals surface area contributed by atoms with Gasteiger partial charge in [-0.3, -0.25) is 0 Å². The van der Waals surface area contributed by atoms with Crippen molar-refractivity contribution in [3.05, 3.63) is 76.3 Å². The standard InChI is InChI=1S/C24H24BrNO3/c1-16(2)23(27)29-24(4,5)17(3)28-22-12-8-19(9-13-22)20(15-26)14-18-6-10-21(25)11-7-18/h6-14,17H,1H2,2-5H3/b20-14+. The topological polar surface area (TPSA) is 59.3 Å². The van der Waals surface area contributed by atoms with E-state index >= 15 is 0 Å². The maximum atomic E-state index is 11.8. The van der Waals surface area contributed by atoms with Crippen LogP contribution in [0, 0.1) is 11.3 Å². The van der Waals surface area contributed by atoms with E-state index in [1.54, 1.807) is 32.9 Å². The predicted molar refractivity (Wildman–Crippen MR) is 119 cm³/mol. The molecule has 0 aliphatic rings. The third kappa shape index (κ3) is 6.33. The Balaban J connectivity index is 2.12. The summed E-state index contributed by atoms with van der Waals surface area (Å²) in [6.07, 6.45) is 1.45. The maximum Gasteiger partial charge on any atom is 0.333 e. The molecule has 0 spiro atoms. The third-order valence-corrected chi connectivity index (χ3v) is 4.99. The van der Waals surface area contributed by atoms with Gasteiger partial charge in [0.15, 0.2) is 0 Å². The molecule has 4 nitrogen and oxygen atoms in total. The molecule has 2 rings (SSSR count). The van der Waals surface area contributed by atoms with Crippen LogP contribution in [0.4, 0.5) is 0 Å². The Morgan fingerprint density at radius 2 is 1.76 bits per heavy atom. The Kier molecular flexibility index (Phi) is 7.41. The Morgan fingerprint density at radius 3 is 2.28 bits per heavy atom. The molecule has 0 aliphatic heterocycles. The van der Waals surface area contributed by atoms with Crippen molar-refractivity contribution >= 4 is 33.5 Å². The lowest BCUT2D eigenvalue weighted by atomic mass is 10.0. The van der Waals surface area contributed by atoms with E-state index in [-0.39, 0.29) is 6.10 Å². The summed E-state index contributed by atoms with van der Waals surface area (Å²) in [7, 11) is 0. The van der Waals surface area contributed by atoms with Crippen LogP contribution in [0.2, 0.25) is 0 Å². The van der Waals surface area contributed by atoms with E-state index in [2.05, 4.69) is 28.6 Å². The summed E-state index contributed by atoms with van der Waals surface area (Å²) in [4.78, 5) is 11.8. The lowest BCUT2D eigenvalue weighted by molar-refractivity contribution is -0.159. The molecule has 0 bridgehead atoms. The Labute approximate surface area is 180 Å². The average Bonchev–Trinajstić information content (AvgIpc) is 2.67. The number of benzene rings is 2. The molecule has 2 aromatic carbocycles. The highest BCUT2D eigenvalue weighted by molar-refractivity contribution is 9.10. The summed E-state index contributed by atoms with van der Waals surface area (Å²) < 4.78 is 12.4. The first-order valence-corrected chi connectivity index (χ1v) is 9.95. The van der Waals surface area contributed by atoms with Gasteiger partial charge < -0.3 is 9.47 Å². The van der Waals surface area contributed by atoms with Crippen LogP contribution in [0.1, 0.15) is 38.8 Å². The quantitative estimate of drug-likeness (QED) is 0.217. The number of carbonyl (C=O) groups excluding carboxylic acids is 1. The maximum absolute atomic E-state index is 11.8. The summed E-state index contributed by atoms with van der Waals surface area (Å²) in [6, 6.07) is 17.3. The fourth-order valence-corrected chi connectivity index (χ4v) is 2.64. The zero-order valence-corrected chi connectivity index (χ0v) is 18.6. The number of halogens is 1. The van der Waals surface area contributed by atoms with E-state index in [9.17, 15) is 10.1 Å². The van der Waals surface area contributed by atoms with Gasteiger partial charge in [0.2, 0.25) is 0 Å². The van der Waals surface area contributed by atoms with Gasteiger partial charge in [-0.05, 0) is 81.3 Å². The molecule has 0 aliphatic carbocycles. The SMILES string of the molecule is C=C(C)C(=O)OC(C)(C)C(C)Oc1ccc(/C(C#N)=C/c2ccc(Br)cc2)cc1. The van der Waals surface area contributed by atoms with Gasteiger partial charge in [0.1, 0.15) is 17.5 Å². The number of nitrogens with zero attached hydrogens (tertiary/aromatic N) is 1. The highest BCUT2D eigenvalue weighted by Crippen LogP contribution is 2.25. The van der Waals surface area contributed by atoms with Gasteiger partial charge >= 0.3 is 5.97 Å². The zero-order chi connectivity index (χ0) is 21.6. The van der Waals surface area contributed by atoms with Crippen LogP contribution < -0.4 is 4.74 Å². The molecular weight excluding hydrogens is 430 g/mol. The number of carbonyl (C=O) groups is 1. The summed E-state index contributed by atoms with van der Waals surface area (Å²) in [5, 5.41) is 9.53. The second kappa shape index (κ2) is 9.58. The summed E-state index contributed by atoms with van der Waals surface area (Å²) in [5.74, 6) is 0.180. The monoisotopic (exact) mass is 453 g/mol. The molecule has 0 saturated heterocycles. The molecule has 29 heavy (non-hydrogen) atoms. The summed E-state index contributed by atoms with van der Waals surface area (Å²) in [6.45, 7) is 10.6. The lowest BCUT2D eigenvalue weighted by Crippen LogP contribution is -2.42. The fourth-order valence-electron chi connectivity index (χ4n) is 2.37. The number of nitriles is 1. The third-order valence-electron chi connectivity index (χ3n) is 4.46. The molecule has 5 heteroatoms. The van der Waals surface area contributed by atoms with Crippen molar-refractivity contribution in [1.82, 2.24) is 0 Å². The first kappa shape index (κ1) is 22.4. The van der Waals surface area contributed by atoms with E-state index in [1.807, 2.05) is 49.4 Å². The second-order valence-electron chi connectivity index (χ2n) is 7.28. The van der Waals surface area contributed by atoms with Gasteiger partial charge in [0, 0.05) is 10.0 Å². The van der Waals surface area contributed by atoms with Gasteiger partial charge in [-0.1, -0.05) is 34.6 Å². The van der Waals surface area contributed by atoms with Crippen molar-refractivity contribution in [1.29, 1.82) is 5.26 Å². The van der Waals surface area contributed by atoms with Crippen molar-refractivity contribution in [2.24, 2.45) is 0 Å². The fraction of sp³-hybridized carbons (Fsp3) is 0.250. The van der Waals surface area contributed by atoms with Crippen LogP contribution in [0.5, 0.6) is 5.75 Å². The first-order chi connectivity index (χ1) is 13.6. The van der Waals surface area contributed by atoms with Crippen LogP contribution in [0.15, 0.2) is 65.2 Å². The lowest BCUT2D eigenvalue weighted by Gasteiger charge is -2.31. The first-order valence-electron chi connectivity index (χ1n) is 9.15. The van der Waals surface area contributed by atoms with Crippen LogP contribution in [0.25, 0.3) is 11.6 Å². The molecule has 150 valence electrons. The van der Waals surface area contributed by atoms with E-state index in [0.29, 0.717) is 16.9 Å². The zero-order valence-electron chi connectivity index (χ0n) is 17.0. The summed E-state index contributed by atoms with van der Waals surface area (Å²) >= 11 is 3.40. The minimum atomic E-state index is -0.825. The molecule has 1 atom stereocenters. The Hall–Kier alpha value is -2.84. The van der Waals surface area contributed by atoms with Gasteiger partial charge in [-0.15, -0.1) is 0 Å². The Bertz CT molecular complexity index is 951. The Morgan fingerprint density at radius 1 is 1.17 bits per heavy atom. The van der Waals surface area contributed by atoms with Gasteiger partial charge in [-0.2, -0.15) is 5.26 Å². The van der Waals surface area contributed by atoms with Crippen molar-refractivity contribution in [3.63, 3.8) is 0 Å². The van der Waals surface area contributed by atoms with E-state index in [4.69, 9.17) is 9.47 Å². The van der Waals surface area contributed by atoms with Crippen LogP contribution >= 0.6 is 15.9 Å². The number of allylic oxidation sites excluding steroid dienone is 1. The van der Waals surface area contributed by atoms with Crippen LogP contribution in [0.3, 0.4) is 0 Å². The molecule has 0 saturated carbocycles. The number of hydrogen-bond donors (Lipinski definition) is 0. The minimum absolute atomic E-state index is 0.344. The highest BCUT2D eigenvalue weighted by atomic mass is 79.9. The molecule has 0 aromatic heterocycles. The smallest absolute Gasteiger partial charge is 0.333 e. The molecule has 0 radical (unpaired) electrons. The summed E-state index contributed by atoms with van der Waals surface area (Å²) in [5.41, 5.74) is 1.82. The normalized spacial score (nSPS) is 12.6. The van der Waals surface area contributed by atoms with E-state index < -0.39 is 11.6 Å². The molecule has 0 amide bonds. The number of ether oxygens (including phenoxy) is 2. The highest BCUT2D eigenvalue weighted by Gasteiger charge is 2.32. The second-order valence-corrected chi connectivity index (χ2v) is 8.19. The van der Waals surface area contributed by atoms with Crippen molar-refractivity contribution in [3.8, 4) is 11.8 Å². The molecule has 1 unspecified atom stereocenters. The van der Waals surface area contributed by atoms with Gasteiger partial charge in [-0.25, -0.2) is 4.79 Å². The molecule has 0 fully saturated rings. The number of rotatable bonds is 7. The molecule has 2 aromatic rings. The van der Waals surface area contributed by atoms with E-state index in [0.717, 1.165) is 15.6 Å². The van der Waals surface area contributed by atoms with E-state index in [1.165, 1.54) is 0 Å². The van der Waals surface area contributed by atoms with Crippen molar-refractivity contribution in [2.45, 2.75) is 39.4 Å².